The van der Waals surface area contributed by atoms with Gasteiger partial charge in [0.05, 0.1) is 15.9 Å². The second kappa shape index (κ2) is 7.44. The first kappa shape index (κ1) is 19.6. The van der Waals surface area contributed by atoms with Crippen LogP contribution in [0.2, 0.25) is 0 Å². The predicted octanol–water partition coefficient (Wildman–Crippen LogP) is 1.61. The number of amides is 1. The van der Waals surface area contributed by atoms with Gasteiger partial charge in [0.15, 0.2) is 9.84 Å². The molecule has 1 aromatic carbocycles. The van der Waals surface area contributed by atoms with Crippen LogP contribution in [-0.4, -0.2) is 45.1 Å². The van der Waals surface area contributed by atoms with Gasteiger partial charge in [0.2, 0.25) is 15.9 Å². The van der Waals surface area contributed by atoms with Crippen molar-refractivity contribution in [3.63, 3.8) is 0 Å². The summed E-state index contributed by atoms with van der Waals surface area (Å²) in [6.07, 6.45) is 0.394. The van der Waals surface area contributed by atoms with Crippen LogP contribution in [0.5, 0.6) is 0 Å². The summed E-state index contributed by atoms with van der Waals surface area (Å²) in [4.78, 5) is 12.2. The summed E-state index contributed by atoms with van der Waals surface area (Å²) in [6, 6.07) is 6.31. The Balaban J connectivity index is 2.74. The molecular weight excluding hydrogens is 338 g/mol. The Morgan fingerprint density at radius 1 is 1.09 bits per heavy atom. The largest absolute Gasteiger partial charge is 0.274 e. The maximum Gasteiger partial charge on any atom is 0.239 e. The lowest BCUT2D eigenvalue weighted by Crippen LogP contribution is -2.37. The highest BCUT2D eigenvalue weighted by Gasteiger charge is 2.26. The van der Waals surface area contributed by atoms with E-state index in [0.29, 0.717) is 6.42 Å². The van der Waals surface area contributed by atoms with E-state index in [1.165, 1.54) is 33.0 Å². The van der Waals surface area contributed by atoms with E-state index < -0.39 is 31.0 Å². The molecule has 0 spiro atoms. The molecular formula is C15H23NO5S2. The van der Waals surface area contributed by atoms with Crippen LogP contribution in [0.1, 0.15) is 32.8 Å². The molecule has 0 aliphatic carbocycles. The summed E-state index contributed by atoms with van der Waals surface area (Å²) in [5.41, 5.74) is 0.781. The van der Waals surface area contributed by atoms with E-state index in [2.05, 4.69) is 0 Å². The monoisotopic (exact) mass is 361 g/mol. The van der Waals surface area contributed by atoms with Crippen molar-refractivity contribution >= 4 is 25.8 Å². The highest BCUT2D eigenvalue weighted by molar-refractivity contribution is 7.91. The fourth-order valence-corrected chi connectivity index (χ4v) is 3.79. The Bertz CT molecular complexity index is 750. The fraction of sp³-hybridized carbons (Fsp3) is 0.533. The molecule has 0 saturated heterocycles. The van der Waals surface area contributed by atoms with E-state index in [9.17, 15) is 21.6 Å². The molecule has 0 saturated carbocycles. The molecule has 0 N–H and O–H groups in total. The molecule has 0 aliphatic rings. The molecule has 1 amide bonds. The minimum absolute atomic E-state index is 0.0304. The van der Waals surface area contributed by atoms with Crippen molar-refractivity contribution in [3.8, 4) is 0 Å². The van der Waals surface area contributed by atoms with Crippen LogP contribution in [0.4, 0.5) is 0 Å². The van der Waals surface area contributed by atoms with Gasteiger partial charge >= 0.3 is 0 Å². The van der Waals surface area contributed by atoms with E-state index in [1.807, 2.05) is 0 Å². The second-order valence-corrected chi connectivity index (χ2v) is 10.3. The van der Waals surface area contributed by atoms with Crippen molar-refractivity contribution in [3.05, 3.63) is 29.8 Å². The SMILES string of the molecule is CCS(=O)(=O)c1ccc(CCC(=O)N(C)S(=O)(=O)C(C)C)cc1. The third-order valence-electron chi connectivity index (χ3n) is 3.62. The number of hydrogen-bond donors (Lipinski definition) is 0. The van der Waals surface area contributed by atoms with E-state index in [0.717, 1.165) is 9.87 Å². The first-order valence-corrected chi connectivity index (χ1v) is 10.5. The van der Waals surface area contributed by atoms with Gasteiger partial charge in [-0.15, -0.1) is 0 Å². The van der Waals surface area contributed by atoms with Crippen LogP contribution in [0.3, 0.4) is 0 Å². The summed E-state index contributed by atoms with van der Waals surface area (Å²) in [5.74, 6) is -0.452. The molecule has 0 heterocycles. The normalized spacial score (nSPS) is 12.4. The zero-order valence-corrected chi connectivity index (χ0v) is 15.4. The maximum absolute atomic E-state index is 12.0. The fourth-order valence-electron chi connectivity index (χ4n) is 1.90. The van der Waals surface area contributed by atoms with Gasteiger partial charge < -0.3 is 0 Å². The van der Waals surface area contributed by atoms with Crippen LogP contribution in [0.15, 0.2) is 29.2 Å². The van der Waals surface area contributed by atoms with E-state index >= 15 is 0 Å². The Hall–Kier alpha value is -1.41. The van der Waals surface area contributed by atoms with Crippen LogP contribution >= 0.6 is 0 Å². The number of aryl methyl sites for hydroxylation is 1. The Morgan fingerprint density at radius 3 is 2.04 bits per heavy atom. The van der Waals surface area contributed by atoms with Crippen molar-refractivity contribution in [2.24, 2.45) is 0 Å². The predicted molar refractivity (Wildman–Crippen MR) is 89.3 cm³/mol. The molecule has 0 aliphatic heterocycles. The highest BCUT2D eigenvalue weighted by atomic mass is 32.2. The third-order valence-corrected chi connectivity index (χ3v) is 7.53. The molecule has 0 aromatic heterocycles. The molecule has 0 atom stereocenters. The molecule has 130 valence electrons. The smallest absolute Gasteiger partial charge is 0.239 e. The number of nitrogens with zero attached hydrogens (tertiary/aromatic N) is 1. The number of rotatable bonds is 7. The average molecular weight is 361 g/mol. The van der Waals surface area contributed by atoms with Crippen molar-refractivity contribution in [2.45, 2.75) is 43.8 Å². The lowest BCUT2D eigenvalue weighted by Gasteiger charge is -2.19. The summed E-state index contributed by atoms with van der Waals surface area (Å²) in [5, 5.41) is -0.657. The van der Waals surface area contributed by atoms with Crippen molar-refractivity contribution in [2.75, 3.05) is 12.8 Å². The maximum atomic E-state index is 12.0. The molecule has 23 heavy (non-hydrogen) atoms. The average Bonchev–Trinajstić information content (AvgIpc) is 2.51. The van der Waals surface area contributed by atoms with Crippen LogP contribution in [0, 0.1) is 0 Å². The van der Waals surface area contributed by atoms with Crippen LogP contribution in [0.25, 0.3) is 0 Å². The van der Waals surface area contributed by atoms with Gasteiger partial charge in [-0.2, -0.15) is 0 Å². The quantitative estimate of drug-likeness (QED) is 0.736. The minimum Gasteiger partial charge on any atom is -0.274 e. The molecule has 8 heteroatoms. The van der Waals surface area contributed by atoms with Gasteiger partial charge in [0.1, 0.15) is 0 Å². The molecule has 0 radical (unpaired) electrons. The topological polar surface area (TPSA) is 88.6 Å². The van der Waals surface area contributed by atoms with E-state index in [1.54, 1.807) is 19.1 Å². The molecule has 0 fully saturated rings. The third kappa shape index (κ3) is 4.78. The standard InChI is InChI=1S/C15H23NO5S2/c1-5-22(18,19)14-9-6-13(7-10-14)8-11-15(17)16(4)23(20,21)12(2)3/h6-7,9-10,12H,5,8,11H2,1-4H3. The van der Waals surface area contributed by atoms with Gasteiger partial charge in [0.25, 0.3) is 0 Å². The first-order chi connectivity index (χ1) is 10.5. The van der Waals surface area contributed by atoms with Gasteiger partial charge in [-0.1, -0.05) is 19.1 Å². The summed E-state index contributed by atoms with van der Waals surface area (Å²) in [7, 11) is -5.59. The Morgan fingerprint density at radius 2 is 1.61 bits per heavy atom. The van der Waals surface area contributed by atoms with Gasteiger partial charge in [-0.3, -0.25) is 4.79 Å². The summed E-state index contributed by atoms with van der Waals surface area (Å²) in [6.45, 7) is 4.62. The molecule has 6 nitrogen and oxygen atoms in total. The number of carbonyl (C=O) groups excluding carboxylic acids is 1. The number of carbonyl (C=O) groups is 1. The van der Waals surface area contributed by atoms with Crippen LogP contribution < -0.4 is 0 Å². The second-order valence-electron chi connectivity index (χ2n) is 5.50. The lowest BCUT2D eigenvalue weighted by atomic mass is 10.1. The van der Waals surface area contributed by atoms with Crippen molar-refractivity contribution in [1.82, 2.24) is 4.31 Å². The zero-order chi connectivity index (χ0) is 17.8. The number of sulfone groups is 1. The number of sulfonamides is 1. The lowest BCUT2D eigenvalue weighted by molar-refractivity contribution is -0.125. The highest BCUT2D eigenvalue weighted by Crippen LogP contribution is 2.14. The molecule has 0 bridgehead atoms. The Labute approximate surface area is 138 Å². The first-order valence-electron chi connectivity index (χ1n) is 7.34. The Kier molecular flexibility index (Phi) is 6.35. The van der Waals surface area contributed by atoms with E-state index in [4.69, 9.17) is 0 Å². The number of hydrogen-bond acceptors (Lipinski definition) is 5. The molecule has 0 unspecified atom stereocenters. The van der Waals surface area contributed by atoms with Crippen molar-refractivity contribution < 1.29 is 21.6 Å². The number of benzene rings is 1. The van der Waals surface area contributed by atoms with Gasteiger partial charge in [-0.25, -0.2) is 21.1 Å². The van der Waals surface area contributed by atoms with Gasteiger partial charge in [0, 0.05) is 13.5 Å². The van der Waals surface area contributed by atoms with Gasteiger partial charge in [-0.05, 0) is 38.0 Å². The molecule has 1 rings (SSSR count). The summed E-state index contributed by atoms with van der Waals surface area (Å²) < 4.78 is 48.0. The van der Waals surface area contributed by atoms with E-state index in [-0.39, 0.29) is 17.1 Å². The minimum atomic E-state index is -3.61. The molecule has 1 aromatic rings. The van der Waals surface area contributed by atoms with Crippen LogP contribution in [-0.2, 0) is 31.1 Å². The zero-order valence-electron chi connectivity index (χ0n) is 13.8. The van der Waals surface area contributed by atoms with Crippen molar-refractivity contribution in [1.29, 1.82) is 0 Å². The summed E-state index contributed by atoms with van der Waals surface area (Å²) >= 11 is 0.